The van der Waals surface area contributed by atoms with E-state index in [9.17, 15) is 0 Å². The average molecular weight is 258 g/mol. The van der Waals surface area contributed by atoms with Gasteiger partial charge < -0.3 is 5.32 Å². The van der Waals surface area contributed by atoms with Crippen LogP contribution in [0.2, 0.25) is 10.0 Å². The molecule has 1 atom stereocenters. The average Bonchev–Trinajstić information content (AvgIpc) is 3.06. The summed E-state index contributed by atoms with van der Waals surface area (Å²) in [5, 5.41) is 4.90. The molecule has 1 aliphatic rings. The molecule has 1 nitrogen and oxygen atoms in total. The maximum atomic E-state index is 6.16. The van der Waals surface area contributed by atoms with Gasteiger partial charge >= 0.3 is 0 Å². The van der Waals surface area contributed by atoms with Crippen molar-refractivity contribution < 1.29 is 0 Å². The lowest BCUT2D eigenvalue weighted by Crippen LogP contribution is -2.24. The van der Waals surface area contributed by atoms with Crippen molar-refractivity contribution in [3.05, 3.63) is 33.8 Å². The third-order valence-corrected chi connectivity index (χ3v) is 3.79. The molecule has 1 aromatic rings. The molecule has 3 heteroatoms. The van der Waals surface area contributed by atoms with E-state index in [-0.39, 0.29) is 0 Å². The maximum absolute atomic E-state index is 6.16. The molecule has 0 bridgehead atoms. The zero-order chi connectivity index (χ0) is 11.5. The molecule has 0 heterocycles. The Labute approximate surface area is 107 Å². The maximum Gasteiger partial charge on any atom is 0.0624 e. The molecule has 1 N–H and O–H groups in total. The van der Waals surface area contributed by atoms with Gasteiger partial charge in [0.2, 0.25) is 0 Å². The molecule has 1 aromatic carbocycles. The van der Waals surface area contributed by atoms with E-state index in [0.717, 1.165) is 24.6 Å². The normalized spacial score (nSPS) is 17.4. The first kappa shape index (κ1) is 12.2. The zero-order valence-corrected chi connectivity index (χ0v) is 11.0. The van der Waals surface area contributed by atoms with Gasteiger partial charge in [-0.1, -0.05) is 42.3 Å². The van der Waals surface area contributed by atoms with E-state index in [0.29, 0.717) is 16.0 Å². The van der Waals surface area contributed by atoms with E-state index < -0.39 is 0 Å². The molecule has 0 radical (unpaired) electrons. The van der Waals surface area contributed by atoms with Gasteiger partial charge in [-0.3, -0.25) is 0 Å². The Kier molecular flexibility index (Phi) is 4.12. The summed E-state index contributed by atoms with van der Waals surface area (Å²) in [7, 11) is 0. The minimum atomic E-state index is 0.594. The van der Waals surface area contributed by atoms with Gasteiger partial charge in [0.25, 0.3) is 0 Å². The minimum Gasteiger partial charge on any atom is -0.314 e. The van der Waals surface area contributed by atoms with Crippen LogP contribution in [0.4, 0.5) is 0 Å². The fourth-order valence-electron chi connectivity index (χ4n) is 1.81. The van der Waals surface area contributed by atoms with E-state index >= 15 is 0 Å². The highest BCUT2D eigenvalue weighted by Crippen LogP contribution is 2.27. The van der Waals surface area contributed by atoms with Crippen LogP contribution in [0.15, 0.2) is 18.2 Å². The smallest absolute Gasteiger partial charge is 0.0624 e. The molecular weight excluding hydrogens is 241 g/mol. The van der Waals surface area contributed by atoms with Crippen LogP contribution in [0.1, 0.15) is 25.3 Å². The van der Waals surface area contributed by atoms with Crippen LogP contribution < -0.4 is 5.32 Å². The second-order valence-electron chi connectivity index (χ2n) is 4.70. The summed E-state index contributed by atoms with van der Waals surface area (Å²) < 4.78 is 0. The molecule has 0 amide bonds. The van der Waals surface area contributed by atoms with Crippen molar-refractivity contribution in [3.63, 3.8) is 0 Å². The molecule has 1 saturated carbocycles. The Morgan fingerprint density at radius 1 is 1.38 bits per heavy atom. The zero-order valence-electron chi connectivity index (χ0n) is 9.47. The van der Waals surface area contributed by atoms with Crippen molar-refractivity contribution in [1.29, 1.82) is 0 Å². The molecule has 16 heavy (non-hydrogen) atoms. The van der Waals surface area contributed by atoms with Gasteiger partial charge in [0.1, 0.15) is 0 Å². The van der Waals surface area contributed by atoms with Gasteiger partial charge in [-0.2, -0.15) is 0 Å². The van der Waals surface area contributed by atoms with Gasteiger partial charge in [-0.25, -0.2) is 0 Å². The molecule has 1 unspecified atom stereocenters. The third-order valence-electron chi connectivity index (χ3n) is 2.93. The first-order chi connectivity index (χ1) is 7.66. The van der Waals surface area contributed by atoms with E-state index in [1.807, 2.05) is 12.1 Å². The topological polar surface area (TPSA) is 12.0 Å². The number of halogens is 2. The van der Waals surface area contributed by atoms with Crippen molar-refractivity contribution in [2.45, 2.75) is 32.2 Å². The van der Waals surface area contributed by atoms with E-state index in [4.69, 9.17) is 23.2 Å². The first-order valence-corrected chi connectivity index (χ1v) is 6.58. The summed E-state index contributed by atoms with van der Waals surface area (Å²) in [6.07, 6.45) is 3.66. The highest BCUT2D eigenvalue weighted by atomic mass is 35.5. The van der Waals surface area contributed by atoms with Crippen LogP contribution in [0.5, 0.6) is 0 Å². The lowest BCUT2D eigenvalue weighted by Gasteiger charge is -2.13. The summed E-state index contributed by atoms with van der Waals surface area (Å²) in [5.41, 5.74) is 1.15. The van der Waals surface area contributed by atoms with E-state index in [1.165, 1.54) is 12.8 Å². The predicted molar refractivity (Wildman–Crippen MR) is 70.4 cm³/mol. The molecule has 0 saturated heterocycles. The third kappa shape index (κ3) is 3.38. The molecule has 0 aromatic heterocycles. The highest BCUT2D eigenvalue weighted by molar-refractivity contribution is 6.42. The summed E-state index contributed by atoms with van der Waals surface area (Å²) in [6, 6.07) is 6.63. The van der Waals surface area contributed by atoms with Gasteiger partial charge in [0.15, 0.2) is 0 Å². The highest BCUT2D eigenvalue weighted by Gasteiger charge is 2.21. The molecular formula is C13H17Cl2N. The van der Waals surface area contributed by atoms with Gasteiger partial charge in [0, 0.05) is 6.04 Å². The predicted octanol–water partition coefficient (Wildman–Crippen LogP) is 3.92. The number of benzene rings is 1. The van der Waals surface area contributed by atoms with Crippen LogP contribution in [0, 0.1) is 5.92 Å². The molecule has 0 spiro atoms. The molecule has 1 fully saturated rings. The van der Waals surface area contributed by atoms with Gasteiger partial charge in [-0.05, 0) is 43.4 Å². The van der Waals surface area contributed by atoms with Crippen molar-refractivity contribution in [2.24, 2.45) is 5.92 Å². The largest absolute Gasteiger partial charge is 0.314 e. The first-order valence-electron chi connectivity index (χ1n) is 5.83. The fraction of sp³-hybridized carbons (Fsp3) is 0.538. The Bertz CT molecular complexity index is 361. The van der Waals surface area contributed by atoms with E-state index in [1.54, 1.807) is 0 Å². The van der Waals surface area contributed by atoms with Crippen LogP contribution in [-0.2, 0) is 6.42 Å². The Morgan fingerprint density at radius 3 is 2.81 bits per heavy atom. The van der Waals surface area contributed by atoms with Crippen molar-refractivity contribution in [1.82, 2.24) is 5.32 Å². The summed E-state index contributed by atoms with van der Waals surface area (Å²) in [4.78, 5) is 0. The SMILES string of the molecule is CC(CNC1CC1)Cc1cccc(Cl)c1Cl. The second kappa shape index (κ2) is 5.39. The summed E-state index contributed by atoms with van der Waals surface area (Å²) in [6.45, 7) is 3.31. The monoisotopic (exact) mass is 257 g/mol. The quantitative estimate of drug-likeness (QED) is 0.843. The molecule has 1 aliphatic carbocycles. The fourth-order valence-corrected chi connectivity index (χ4v) is 2.21. The van der Waals surface area contributed by atoms with Crippen LogP contribution in [-0.4, -0.2) is 12.6 Å². The molecule has 2 rings (SSSR count). The number of hydrogen-bond acceptors (Lipinski definition) is 1. The number of nitrogens with one attached hydrogen (secondary N) is 1. The lowest BCUT2D eigenvalue weighted by atomic mass is 10.0. The number of rotatable bonds is 5. The van der Waals surface area contributed by atoms with Gasteiger partial charge in [-0.15, -0.1) is 0 Å². The molecule has 88 valence electrons. The Balaban J connectivity index is 1.88. The Hall–Kier alpha value is -0.240. The summed E-state index contributed by atoms with van der Waals surface area (Å²) >= 11 is 12.1. The van der Waals surface area contributed by atoms with Crippen molar-refractivity contribution in [2.75, 3.05) is 6.54 Å². The standard InChI is InChI=1S/C13H17Cl2N/c1-9(8-16-11-5-6-11)7-10-3-2-4-12(14)13(10)15/h2-4,9,11,16H,5-8H2,1H3. The van der Waals surface area contributed by atoms with Crippen LogP contribution in [0.3, 0.4) is 0 Å². The van der Waals surface area contributed by atoms with Crippen molar-refractivity contribution >= 4 is 23.2 Å². The second-order valence-corrected chi connectivity index (χ2v) is 5.49. The van der Waals surface area contributed by atoms with Crippen LogP contribution in [0.25, 0.3) is 0 Å². The van der Waals surface area contributed by atoms with Gasteiger partial charge in [0.05, 0.1) is 10.0 Å². The van der Waals surface area contributed by atoms with Crippen LogP contribution >= 0.6 is 23.2 Å². The van der Waals surface area contributed by atoms with Crippen molar-refractivity contribution in [3.8, 4) is 0 Å². The lowest BCUT2D eigenvalue weighted by molar-refractivity contribution is 0.509. The van der Waals surface area contributed by atoms with E-state index in [2.05, 4.69) is 18.3 Å². The molecule has 0 aliphatic heterocycles. The summed E-state index contributed by atoms with van der Waals surface area (Å²) in [5.74, 6) is 0.594. The minimum absolute atomic E-state index is 0.594. The number of hydrogen-bond donors (Lipinski definition) is 1. The Morgan fingerprint density at radius 2 is 2.12 bits per heavy atom.